The molecule has 0 radical (unpaired) electrons. The Bertz CT molecular complexity index is 1210. The number of aliphatic hydroxyl groups excluding tert-OH is 1. The van der Waals surface area contributed by atoms with Gasteiger partial charge in [-0.2, -0.15) is 0 Å². The topological polar surface area (TPSA) is 57.6 Å². The maximum Gasteiger partial charge on any atom is 0.239 e. The summed E-state index contributed by atoms with van der Waals surface area (Å²) in [6.07, 6.45) is 0. The second kappa shape index (κ2) is 6.63. The molecule has 2 atom stereocenters. The molecule has 2 amide bonds. The number of hydrogen-bond acceptors (Lipinski definition) is 3. The number of benzene rings is 3. The molecule has 2 unspecified atom stereocenters. The van der Waals surface area contributed by atoms with Crippen LogP contribution in [0.4, 0.5) is 5.69 Å². The smallest absolute Gasteiger partial charge is 0.239 e. The molecule has 4 heteroatoms. The van der Waals surface area contributed by atoms with Crippen LogP contribution < -0.4 is 4.90 Å². The minimum absolute atomic E-state index is 0.163. The largest absolute Gasteiger partial charge is 0.395 e. The molecule has 0 spiro atoms. The van der Waals surface area contributed by atoms with E-state index in [0.717, 1.165) is 27.8 Å². The van der Waals surface area contributed by atoms with Gasteiger partial charge in [-0.25, -0.2) is 4.90 Å². The molecular formula is C28H25NO3. The number of aliphatic hydroxyl groups is 1. The van der Waals surface area contributed by atoms with Crippen molar-refractivity contribution >= 4 is 17.5 Å². The minimum Gasteiger partial charge on any atom is -0.395 e. The van der Waals surface area contributed by atoms with Gasteiger partial charge in [-0.05, 0) is 45.9 Å². The first-order valence-electron chi connectivity index (χ1n) is 11.3. The van der Waals surface area contributed by atoms with Gasteiger partial charge >= 0.3 is 0 Å². The number of hydrogen-bond donors (Lipinski definition) is 1. The van der Waals surface area contributed by atoms with Crippen LogP contribution in [0.25, 0.3) is 0 Å². The molecule has 7 rings (SSSR count). The number of carbonyl (C=O) groups is 2. The molecule has 1 N–H and O–H groups in total. The Morgan fingerprint density at radius 2 is 1.41 bits per heavy atom. The molecule has 0 aromatic heterocycles. The van der Waals surface area contributed by atoms with E-state index in [1.54, 1.807) is 0 Å². The van der Waals surface area contributed by atoms with Crippen LogP contribution >= 0.6 is 0 Å². The summed E-state index contributed by atoms with van der Waals surface area (Å²) in [5, 5.41) is 10.9. The van der Waals surface area contributed by atoms with Gasteiger partial charge in [-0.15, -0.1) is 0 Å². The summed E-state index contributed by atoms with van der Waals surface area (Å²) in [4.78, 5) is 29.2. The van der Waals surface area contributed by atoms with E-state index in [-0.39, 0.29) is 24.3 Å². The highest BCUT2D eigenvalue weighted by Gasteiger charge is 2.68. The van der Waals surface area contributed by atoms with Crippen LogP contribution in [0, 0.1) is 11.8 Å². The Kier molecular flexibility index (Phi) is 4.03. The maximum atomic E-state index is 13.9. The molecule has 160 valence electrons. The van der Waals surface area contributed by atoms with Crippen LogP contribution in [-0.4, -0.2) is 23.5 Å². The normalized spacial score (nSPS) is 27.5. The molecule has 4 aliphatic rings. The molecule has 4 nitrogen and oxygen atoms in total. The molecule has 3 aromatic rings. The highest BCUT2D eigenvalue weighted by molar-refractivity contribution is 6.23. The lowest BCUT2D eigenvalue weighted by Crippen LogP contribution is -2.55. The van der Waals surface area contributed by atoms with Crippen LogP contribution in [0.3, 0.4) is 0 Å². The summed E-state index contributed by atoms with van der Waals surface area (Å²) in [5.74, 6) is -1.31. The highest BCUT2D eigenvalue weighted by Crippen LogP contribution is 2.64. The van der Waals surface area contributed by atoms with Gasteiger partial charge in [-0.1, -0.05) is 74.5 Å². The molecular weight excluding hydrogens is 398 g/mol. The van der Waals surface area contributed by atoms with E-state index < -0.39 is 17.3 Å². The molecule has 3 aromatic carbocycles. The van der Waals surface area contributed by atoms with E-state index in [4.69, 9.17) is 0 Å². The summed E-state index contributed by atoms with van der Waals surface area (Å²) in [6.45, 7) is 4.02. The van der Waals surface area contributed by atoms with Crippen LogP contribution in [0.2, 0.25) is 0 Å². The van der Waals surface area contributed by atoms with Gasteiger partial charge in [0, 0.05) is 5.92 Å². The molecule has 3 aliphatic carbocycles. The lowest BCUT2D eigenvalue weighted by atomic mass is 9.47. The Hall–Kier alpha value is -3.24. The Balaban J connectivity index is 1.57. The van der Waals surface area contributed by atoms with Crippen LogP contribution in [0.5, 0.6) is 0 Å². The van der Waals surface area contributed by atoms with Crippen molar-refractivity contribution in [1.82, 2.24) is 0 Å². The fourth-order valence-electron chi connectivity index (χ4n) is 6.46. The van der Waals surface area contributed by atoms with Crippen molar-refractivity contribution in [3.05, 3.63) is 101 Å². The van der Waals surface area contributed by atoms with Gasteiger partial charge < -0.3 is 5.11 Å². The standard InChI is InChI=1S/C28H25NO3/c1-16(2)17-11-13-18(14-12-17)29-26(31)24-23-19-7-3-5-9-21(19)28(15-30,25(24)27(29)32)22-10-6-4-8-20(22)23/h3-14,16,23-25,30H,15H2,1-2H3. The first-order chi connectivity index (χ1) is 15.5. The third-order valence-electron chi connectivity index (χ3n) is 7.86. The third-order valence-corrected chi connectivity index (χ3v) is 7.86. The molecule has 2 bridgehead atoms. The fourth-order valence-corrected chi connectivity index (χ4v) is 6.46. The van der Waals surface area contributed by atoms with E-state index in [2.05, 4.69) is 26.0 Å². The van der Waals surface area contributed by atoms with E-state index in [0.29, 0.717) is 11.6 Å². The number of nitrogens with zero attached hydrogens (tertiary/aromatic N) is 1. The Morgan fingerprint density at radius 3 is 1.94 bits per heavy atom. The lowest BCUT2D eigenvalue weighted by molar-refractivity contribution is -0.124. The number of rotatable bonds is 3. The SMILES string of the molecule is CC(C)c1ccc(N2C(=O)C3C4c5ccccc5C(CO)(c5ccccc54)C3C2=O)cc1. The minimum atomic E-state index is -0.911. The number of imide groups is 1. The summed E-state index contributed by atoms with van der Waals surface area (Å²) >= 11 is 0. The van der Waals surface area contributed by atoms with Gasteiger partial charge in [0.25, 0.3) is 0 Å². The second-order valence-electron chi connectivity index (χ2n) is 9.54. The molecule has 1 fully saturated rings. The van der Waals surface area contributed by atoms with Crippen molar-refractivity contribution in [3.63, 3.8) is 0 Å². The predicted molar refractivity (Wildman–Crippen MR) is 123 cm³/mol. The number of carbonyl (C=O) groups excluding carboxylic acids is 2. The Morgan fingerprint density at radius 1 is 0.844 bits per heavy atom. The summed E-state index contributed by atoms with van der Waals surface area (Å²) < 4.78 is 0. The molecule has 0 saturated carbocycles. The zero-order valence-electron chi connectivity index (χ0n) is 18.2. The molecule has 32 heavy (non-hydrogen) atoms. The van der Waals surface area contributed by atoms with Crippen molar-refractivity contribution < 1.29 is 14.7 Å². The van der Waals surface area contributed by atoms with Crippen molar-refractivity contribution in [3.8, 4) is 0 Å². The zero-order chi connectivity index (χ0) is 22.2. The van der Waals surface area contributed by atoms with Crippen LogP contribution in [0.15, 0.2) is 72.8 Å². The predicted octanol–water partition coefficient (Wildman–Crippen LogP) is 4.35. The number of anilines is 1. The summed E-state index contributed by atoms with van der Waals surface area (Å²) in [5.41, 5.74) is 4.93. The monoisotopic (exact) mass is 423 g/mol. The maximum absolute atomic E-state index is 13.9. The summed E-state index contributed by atoms with van der Waals surface area (Å²) in [7, 11) is 0. The highest BCUT2D eigenvalue weighted by atomic mass is 16.3. The van der Waals surface area contributed by atoms with Crippen molar-refractivity contribution in [2.75, 3.05) is 11.5 Å². The first-order valence-corrected chi connectivity index (χ1v) is 11.3. The van der Waals surface area contributed by atoms with Gasteiger partial charge in [0.05, 0.1) is 29.5 Å². The zero-order valence-corrected chi connectivity index (χ0v) is 18.2. The van der Waals surface area contributed by atoms with Crippen LogP contribution in [0.1, 0.15) is 53.5 Å². The first kappa shape index (κ1) is 19.4. The average molecular weight is 424 g/mol. The molecule has 1 heterocycles. The Labute approximate surface area is 187 Å². The molecule has 1 aliphatic heterocycles. The van der Waals surface area contributed by atoms with Gasteiger partial charge in [0.2, 0.25) is 11.8 Å². The lowest BCUT2D eigenvalue weighted by Gasteiger charge is -2.53. The van der Waals surface area contributed by atoms with Crippen molar-refractivity contribution in [1.29, 1.82) is 0 Å². The summed E-state index contributed by atoms with van der Waals surface area (Å²) in [6, 6.07) is 23.7. The quantitative estimate of drug-likeness (QED) is 0.637. The van der Waals surface area contributed by atoms with E-state index >= 15 is 0 Å². The van der Waals surface area contributed by atoms with E-state index in [9.17, 15) is 14.7 Å². The van der Waals surface area contributed by atoms with Gasteiger partial charge in [-0.3, -0.25) is 9.59 Å². The van der Waals surface area contributed by atoms with Crippen LogP contribution in [-0.2, 0) is 15.0 Å². The van der Waals surface area contributed by atoms with Gasteiger partial charge in [0.1, 0.15) is 0 Å². The average Bonchev–Trinajstić information content (AvgIpc) is 3.10. The fraction of sp³-hybridized carbons (Fsp3) is 0.286. The number of amides is 2. The van der Waals surface area contributed by atoms with Crippen molar-refractivity contribution in [2.45, 2.75) is 31.1 Å². The van der Waals surface area contributed by atoms with Gasteiger partial charge in [0.15, 0.2) is 0 Å². The van der Waals surface area contributed by atoms with E-state index in [1.165, 1.54) is 4.90 Å². The molecule has 1 saturated heterocycles. The third kappa shape index (κ3) is 2.20. The van der Waals surface area contributed by atoms with Crippen molar-refractivity contribution in [2.24, 2.45) is 11.8 Å². The second-order valence-corrected chi connectivity index (χ2v) is 9.54. The van der Waals surface area contributed by atoms with E-state index in [1.807, 2.05) is 60.7 Å².